The van der Waals surface area contributed by atoms with Crippen LogP contribution in [-0.4, -0.2) is 104 Å². The zero-order chi connectivity index (χ0) is 20.4. The van der Waals surface area contributed by atoms with E-state index in [4.69, 9.17) is 29.2 Å². The van der Waals surface area contributed by atoms with Crippen molar-refractivity contribution >= 4 is 43.0 Å². The van der Waals surface area contributed by atoms with Gasteiger partial charge in [0.2, 0.25) is 0 Å². The molecule has 0 aliphatic rings. The number of hydrogen-bond donors (Lipinski definition) is 3. The second kappa shape index (κ2) is 25.3. The first kappa shape index (κ1) is 37.1. The maximum Gasteiger partial charge on any atom is 2.00 e. The smallest absolute Gasteiger partial charge is 0.811 e. The molecular formula is C11H17FeN2NaO11S. The Balaban J connectivity index is -0.000000208. The van der Waals surface area contributed by atoms with Crippen LogP contribution in [0.4, 0.5) is 0 Å². The average molecular weight is 464 g/mol. The topological polar surface area (TPSA) is 222 Å². The van der Waals surface area contributed by atoms with Crippen molar-refractivity contribution in [2.24, 2.45) is 0 Å². The second-order valence-corrected chi connectivity index (χ2v) is 4.18. The molecule has 0 aromatic carbocycles. The SMILES string of the molecule is C=O.O=C([O-])CN(CCN(CC(=O)O)CC(=O)O)CC(=O)O.[Fe+2].[Na+].[O-]S[O-]. The summed E-state index contributed by atoms with van der Waals surface area (Å²) in [7, 11) is 0. The summed E-state index contributed by atoms with van der Waals surface area (Å²) in [6.45, 7) is -0.501. The molecule has 152 valence electrons. The van der Waals surface area contributed by atoms with Crippen molar-refractivity contribution in [3.63, 3.8) is 0 Å². The van der Waals surface area contributed by atoms with Gasteiger partial charge in [0.15, 0.2) is 0 Å². The van der Waals surface area contributed by atoms with Gasteiger partial charge in [0, 0.05) is 19.6 Å². The van der Waals surface area contributed by atoms with Crippen LogP contribution < -0.4 is 34.7 Å². The van der Waals surface area contributed by atoms with E-state index in [9.17, 15) is 24.3 Å². The zero-order valence-corrected chi connectivity index (χ0v) is 18.1. The van der Waals surface area contributed by atoms with Crippen LogP contribution in [0.15, 0.2) is 0 Å². The molecule has 0 amide bonds. The number of hydrogen-bond acceptors (Lipinski definition) is 11. The Bertz CT molecular complexity index is 365. The van der Waals surface area contributed by atoms with Crippen LogP contribution in [0.5, 0.6) is 0 Å². The van der Waals surface area contributed by atoms with Crippen LogP contribution in [0.3, 0.4) is 0 Å². The van der Waals surface area contributed by atoms with Gasteiger partial charge in [-0.2, -0.15) is 0 Å². The van der Waals surface area contributed by atoms with E-state index >= 15 is 0 Å². The summed E-state index contributed by atoms with van der Waals surface area (Å²) in [6, 6.07) is 0. The Morgan fingerprint density at radius 1 is 0.778 bits per heavy atom. The molecule has 0 atom stereocenters. The standard InChI is InChI=1S/C10H16N2O8.CH2O.Fe.Na.H2O2S/c13-7(14)3-11(4-8(15)16)1-2-12(5-9(17)18)6-10(19)20;1-2;;;1-3-2/h1-6H2,(H,13,14)(H,15,16)(H,17,18)(H,19,20);1H2;;;1-2H/q;;+2;+1;/p-3. The van der Waals surface area contributed by atoms with Crippen molar-refractivity contribution in [3.8, 4) is 0 Å². The predicted molar refractivity (Wildman–Crippen MR) is 77.1 cm³/mol. The Labute approximate surface area is 191 Å². The number of carbonyl (C=O) groups excluding carboxylic acids is 2. The number of rotatable bonds is 11. The molecule has 3 N–H and O–H groups in total. The van der Waals surface area contributed by atoms with E-state index in [1.165, 1.54) is 0 Å². The third-order valence-corrected chi connectivity index (χ3v) is 2.16. The van der Waals surface area contributed by atoms with Crippen molar-refractivity contribution in [1.82, 2.24) is 9.80 Å². The fraction of sp³-hybridized carbons (Fsp3) is 0.545. The minimum Gasteiger partial charge on any atom is -0.811 e. The quantitative estimate of drug-likeness (QED) is 0.191. The summed E-state index contributed by atoms with van der Waals surface area (Å²) in [5, 5.41) is 36.3. The third kappa shape index (κ3) is 33.3. The molecule has 0 bridgehead atoms. The molecule has 0 aliphatic carbocycles. The fourth-order valence-corrected chi connectivity index (χ4v) is 1.47. The molecule has 0 heterocycles. The number of carboxylic acid groups (broad SMARTS) is 4. The van der Waals surface area contributed by atoms with E-state index < -0.39 is 62.4 Å². The molecule has 0 saturated heterocycles. The molecule has 0 radical (unpaired) electrons. The molecule has 13 nitrogen and oxygen atoms in total. The van der Waals surface area contributed by atoms with Gasteiger partial charge in [0.25, 0.3) is 0 Å². The molecule has 0 rings (SSSR count). The minimum atomic E-state index is -1.48. The summed E-state index contributed by atoms with van der Waals surface area (Å²) in [5.74, 6) is -5.21. The second-order valence-electron chi connectivity index (χ2n) is 4.04. The van der Waals surface area contributed by atoms with E-state index in [-0.39, 0.29) is 59.7 Å². The Hall–Kier alpha value is -0.741. The first-order valence-corrected chi connectivity index (χ1v) is 6.79. The molecule has 0 aliphatic heterocycles. The van der Waals surface area contributed by atoms with Gasteiger partial charge >= 0.3 is 64.5 Å². The predicted octanol–water partition coefficient (Wildman–Crippen LogP) is -6.61. The number of aliphatic carboxylic acids is 4. The molecule has 0 unspecified atom stereocenters. The van der Waals surface area contributed by atoms with Crippen LogP contribution in [0, 0.1) is 0 Å². The molecule has 0 aromatic rings. The summed E-state index contributed by atoms with van der Waals surface area (Å²) in [6.07, 6.45) is 0. The maximum absolute atomic E-state index is 10.5. The largest absolute Gasteiger partial charge is 2.00 e. The van der Waals surface area contributed by atoms with Gasteiger partial charge in [0.05, 0.1) is 25.6 Å². The van der Waals surface area contributed by atoms with E-state index in [2.05, 4.69) is 0 Å². The third-order valence-electron chi connectivity index (χ3n) is 2.16. The van der Waals surface area contributed by atoms with E-state index in [0.717, 1.165) is 9.80 Å². The summed E-state index contributed by atoms with van der Waals surface area (Å²) < 4.78 is 16.6. The van der Waals surface area contributed by atoms with Gasteiger partial charge < -0.3 is 51.4 Å². The van der Waals surface area contributed by atoms with Crippen LogP contribution in [-0.2, 0) is 41.0 Å². The molecule has 0 fully saturated rings. The number of nitrogens with zero attached hydrogens (tertiary/aromatic N) is 2. The molecule has 27 heavy (non-hydrogen) atoms. The van der Waals surface area contributed by atoms with Crippen molar-refractivity contribution in [2.45, 2.75) is 0 Å². The Morgan fingerprint density at radius 2 is 1.00 bits per heavy atom. The summed E-state index contributed by atoms with van der Waals surface area (Å²) in [4.78, 5) is 52.1. The Morgan fingerprint density at radius 3 is 1.19 bits per heavy atom. The molecule has 0 aromatic heterocycles. The van der Waals surface area contributed by atoms with Gasteiger partial charge in [0.1, 0.15) is 6.79 Å². The monoisotopic (exact) mass is 464 g/mol. The van der Waals surface area contributed by atoms with Gasteiger partial charge in [-0.15, -0.1) is 0 Å². The van der Waals surface area contributed by atoms with Crippen molar-refractivity contribution < 1.29 is 100 Å². The zero-order valence-electron chi connectivity index (χ0n) is 14.2. The number of carbonyl (C=O) groups is 5. The Kier molecular flexibility index (Phi) is 34.7. The van der Waals surface area contributed by atoms with Crippen LogP contribution in [0.2, 0.25) is 0 Å². The summed E-state index contributed by atoms with van der Waals surface area (Å²) >= 11 is -0.750. The molecule has 16 heteroatoms. The van der Waals surface area contributed by atoms with Gasteiger partial charge in [-0.1, -0.05) is 0 Å². The summed E-state index contributed by atoms with van der Waals surface area (Å²) in [5.41, 5.74) is 0. The van der Waals surface area contributed by atoms with Gasteiger partial charge in [-0.05, 0) is 0 Å². The fourth-order valence-electron chi connectivity index (χ4n) is 1.47. The minimum absolute atomic E-state index is 0. The van der Waals surface area contributed by atoms with E-state index in [1.54, 1.807) is 0 Å². The first-order chi connectivity index (χ1) is 11.6. The van der Waals surface area contributed by atoms with Crippen LogP contribution in [0.25, 0.3) is 0 Å². The van der Waals surface area contributed by atoms with Crippen LogP contribution in [0.1, 0.15) is 0 Å². The van der Waals surface area contributed by atoms with Gasteiger partial charge in [-0.25, -0.2) is 0 Å². The van der Waals surface area contributed by atoms with Gasteiger partial charge in [-0.3, -0.25) is 24.2 Å². The van der Waals surface area contributed by atoms with E-state index in [0.29, 0.717) is 0 Å². The number of carboxylic acids is 4. The molecule has 0 saturated carbocycles. The first-order valence-electron chi connectivity index (χ1n) is 6.13. The molecule has 0 spiro atoms. The average Bonchev–Trinajstić information content (AvgIpc) is 2.45. The van der Waals surface area contributed by atoms with Crippen molar-refractivity contribution in [3.05, 3.63) is 0 Å². The van der Waals surface area contributed by atoms with E-state index in [1.807, 2.05) is 6.79 Å². The van der Waals surface area contributed by atoms with Crippen molar-refractivity contribution in [2.75, 3.05) is 39.3 Å². The van der Waals surface area contributed by atoms with Crippen molar-refractivity contribution in [1.29, 1.82) is 0 Å². The van der Waals surface area contributed by atoms with Crippen LogP contribution >= 0.6 is 12.3 Å². The molecular weight excluding hydrogens is 447 g/mol. The normalized spacial score (nSPS) is 8.74. The maximum atomic E-state index is 10.5.